The van der Waals surface area contributed by atoms with Gasteiger partial charge in [-0.3, -0.25) is 0 Å². The second-order valence-corrected chi connectivity index (χ2v) is 3.48. The van der Waals surface area contributed by atoms with Crippen LogP contribution in [0, 0.1) is 0 Å². The van der Waals surface area contributed by atoms with Gasteiger partial charge in [-0.15, -0.1) is 0 Å². The Labute approximate surface area is 91.0 Å². The number of aromatic carboxylic acids is 1. The van der Waals surface area contributed by atoms with Crippen LogP contribution in [0.25, 0.3) is 17.0 Å². The number of nitrogens with one attached hydrogen (secondary N) is 1. The van der Waals surface area contributed by atoms with Crippen LogP contribution in [-0.4, -0.2) is 16.1 Å². The van der Waals surface area contributed by atoms with Crippen molar-refractivity contribution in [2.45, 2.75) is 0 Å². The van der Waals surface area contributed by atoms with Gasteiger partial charge in [0, 0.05) is 11.6 Å². The first-order chi connectivity index (χ1) is 7.15. The Balaban J connectivity index is 2.90. The largest absolute Gasteiger partial charge is 0.478 e. The summed E-state index contributed by atoms with van der Waals surface area (Å²) in [5.41, 5.74) is 1.63. The molecule has 0 fully saturated rings. The molecule has 3 nitrogen and oxygen atoms in total. The molecule has 1 aromatic heterocycles. The third-order valence-electron chi connectivity index (χ3n) is 2.26. The van der Waals surface area contributed by atoms with Gasteiger partial charge in [0.15, 0.2) is 0 Å². The van der Waals surface area contributed by atoms with Gasteiger partial charge in [-0.05, 0) is 17.7 Å². The van der Waals surface area contributed by atoms with Gasteiger partial charge in [-0.25, -0.2) is 4.79 Å². The first-order valence-electron chi connectivity index (χ1n) is 4.30. The zero-order chi connectivity index (χ0) is 11.0. The normalized spacial score (nSPS) is 10.5. The minimum atomic E-state index is -1.04. The Bertz CT molecular complexity index is 557. The van der Waals surface area contributed by atoms with E-state index in [4.69, 9.17) is 16.7 Å². The van der Waals surface area contributed by atoms with Crippen molar-refractivity contribution in [3.8, 4) is 0 Å². The van der Waals surface area contributed by atoms with E-state index in [1.54, 1.807) is 18.3 Å². The quantitative estimate of drug-likeness (QED) is 0.819. The molecule has 2 aromatic rings. The zero-order valence-corrected chi connectivity index (χ0v) is 8.51. The molecule has 15 heavy (non-hydrogen) atoms. The van der Waals surface area contributed by atoms with E-state index in [0.717, 1.165) is 11.1 Å². The van der Waals surface area contributed by atoms with E-state index >= 15 is 0 Å². The summed E-state index contributed by atoms with van der Waals surface area (Å²) >= 11 is 5.97. The first kappa shape index (κ1) is 9.80. The minimum absolute atomic E-state index is 0.0960. The molecule has 1 aromatic carbocycles. The zero-order valence-electron chi connectivity index (χ0n) is 7.75. The number of fused-ring (bicyclic) bond motifs is 1. The fourth-order valence-electron chi connectivity index (χ4n) is 1.54. The number of hydrogen-bond acceptors (Lipinski definition) is 1. The molecule has 0 spiro atoms. The molecule has 2 N–H and O–H groups in total. The molecule has 0 aliphatic heterocycles. The lowest BCUT2D eigenvalue weighted by Gasteiger charge is -2.03. The van der Waals surface area contributed by atoms with E-state index < -0.39 is 5.97 Å². The molecule has 2 rings (SSSR count). The van der Waals surface area contributed by atoms with Crippen molar-refractivity contribution in [1.82, 2.24) is 4.98 Å². The lowest BCUT2D eigenvalue weighted by molar-refractivity contribution is 0.0697. The predicted octanol–water partition coefficient (Wildman–Crippen LogP) is 3.16. The van der Waals surface area contributed by atoms with Crippen LogP contribution in [0.15, 0.2) is 24.9 Å². The van der Waals surface area contributed by atoms with Crippen molar-refractivity contribution >= 4 is 34.5 Å². The van der Waals surface area contributed by atoms with Crippen LogP contribution in [0.2, 0.25) is 5.02 Å². The summed E-state index contributed by atoms with van der Waals surface area (Å²) in [7, 11) is 0. The number of aromatic amines is 1. The number of carboxylic acid groups (broad SMARTS) is 1. The molecule has 0 bridgehead atoms. The van der Waals surface area contributed by atoms with Crippen LogP contribution in [0.5, 0.6) is 0 Å². The summed E-state index contributed by atoms with van der Waals surface area (Å²) in [4.78, 5) is 13.9. The maximum atomic E-state index is 10.9. The molecule has 0 aliphatic rings. The average Bonchev–Trinajstić information content (AvgIpc) is 2.67. The Morgan fingerprint density at radius 2 is 2.33 bits per heavy atom. The van der Waals surface area contributed by atoms with E-state index in [2.05, 4.69) is 11.6 Å². The van der Waals surface area contributed by atoms with Gasteiger partial charge in [0.25, 0.3) is 0 Å². The maximum absolute atomic E-state index is 10.9. The third kappa shape index (κ3) is 1.41. The molecule has 0 aliphatic carbocycles. The Morgan fingerprint density at radius 3 is 2.93 bits per heavy atom. The predicted molar refractivity (Wildman–Crippen MR) is 60.4 cm³/mol. The van der Waals surface area contributed by atoms with Crippen LogP contribution in [0.4, 0.5) is 0 Å². The summed E-state index contributed by atoms with van der Waals surface area (Å²) in [6, 6.07) is 3.26. The fourth-order valence-corrected chi connectivity index (χ4v) is 1.84. The highest BCUT2D eigenvalue weighted by atomic mass is 35.5. The van der Waals surface area contributed by atoms with E-state index in [1.807, 2.05) is 0 Å². The van der Waals surface area contributed by atoms with Crippen molar-refractivity contribution in [1.29, 1.82) is 0 Å². The summed E-state index contributed by atoms with van der Waals surface area (Å²) < 4.78 is 0. The third-order valence-corrected chi connectivity index (χ3v) is 2.67. The standard InChI is InChI=1S/C11H8ClNO2/c1-2-6-5-8(11(14)15)9(12)7-3-4-13-10(6)7/h2-5,13H,1H2,(H,14,15). The maximum Gasteiger partial charge on any atom is 0.337 e. The SMILES string of the molecule is C=Cc1cc(C(=O)O)c(Cl)c2cc[nH]c12. The van der Waals surface area contributed by atoms with Gasteiger partial charge in [0.1, 0.15) is 0 Å². The number of H-pyrrole nitrogens is 1. The lowest BCUT2D eigenvalue weighted by atomic mass is 10.1. The van der Waals surface area contributed by atoms with Gasteiger partial charge in [-0.2, -0.15) is 0 Å². The van der Waals surface area contributed by atoms with Gasteiger partial charge < -0.3 is 10.1 Å². The molecular weight excluding hydrogens is 214 g/mol. The summed E-state index contributed by atoms with van der Waals surface area (Å²) in [6.07, 6.45) is 3.32. The smallest absolute Gasteiger partial charge is 0.337 e. The van der Waals surface area contributed by atoms with Crippen LogP contribution in [-0.2, 0) is 0 Å². The average molecular weight is 222 g/mol. The van der Waals surface area contributed by atoms with Crippen molar-refractivity contribution in [3.05, 3.63) is 41.1 Å². The summed E-state index contributed by atoms with van der Waals surface area (Å²) in [5.74, 6) is -1.04. The highest BCUT2D eigenvalue weighted by Gasteiger charge is 2.14. The number of carboxylic acids is 1. The summed E-state index contributed by atoms with van der Waals surface area (Å²) in [5, 5.41) is 9.91. The number of hydrogen-bond donors (Lipinski definition) is 2. The topological polar surface area (TPSA) is 53.1 Å². The van der Waals surface area contributed by atoms with E-state index in [1.165, 1.54) is 6.07 Å². The Morgan fingerprint density at radius 1 is 1.60 bits per heavy atom. The van der Waals surface area contributed by atoms with E-state index in [-0.39, 0.29) is 10.6 Å². The van der Waals surface area contributed by atoms with Gasteiger partial charge in [0.05, 0.1) is 16.1 Å². The monoisotopic (exact) mass is 221 g/mol. The van der Waals surface area contributed by atoms with Crippen LogP contribution in [0.1, 0.15) is 15.9 Å². The molecule has 0 saturated heterocycles. The highest BCUT2D eigenvalue weighted by molar-refractivity contribution is 6.38. The lowest BCUT2D eigenvalue weighted by Crippen LogP contribution is -1.98. The van der Waals surface area contributed by atoms with Crippen LogP contribution >= 0.6 is 11.6 Å². The van der Waals surface area contributed by atoms with Gasteiger partial charge in [0.2, 0.25) is 0 Å². The van der Waals surface area contributed by atoms with E-state index in [0.29, 0.717) is 5.39 Å². The fraction of sp³-hybridized carbons (Fsp3) is 0. The second-order valence-electron chi connectivity index (χ2n) is 3.10. The van der Waals surface area contributed by atoms with Crippen LogP contribution in [0.3, 0.4) is 0 Å². The van der Waals surface area contributed by atoms with Gasteiger partial charge in [-0.1, -0.05) is 24.3 Å². The molecule has 0 amide bonds. The molecule has 76 valence electrons. The summed E-state index contributed by atoms with van der Waals surface area (Å²) in [6.45, 7) is 3.63. The molecule has 1 heterocycles. The highest BCUT2D eigenvalue weighted by Crippen LogP contribution is 2.30. The molecule has 4 heteroatoms. The molecule has 0 radical (unpaired) electrons. The van der Waals surface area contributed by atoms with Crippen LogP contribution < -0.4 is 0 Å². The number of halogens is 1. The molecular formula is C11H8ClNO2. The molecule has 0 atom stereocenters. The van der Waals surface area contributed by atoms with Crippen molar-refractivity contribution in [3.63, 3.8) is 0 Å². The van der Waals surface area contributed by atoms with Gasteiger partial charge >= 0.3 is 5.97 Å². The van der Waals surface area contributed by atoms with Crippen molar-refractivity contribution in [2.75, 3.05) is 0 Å². The number of carbonyl (C=O) groups is 1. The molecule has 0 saturated carbocycles. The number of benzene rings is 1. The second kappa shape index (κ2) is 3.44. The molecule has 0 unspecified atom stereocenters. The number of aromatic nitrogens is 1. The Kier molecular flexibility index (Phi) is 2.25. The Hall–Kier alpha value is -1.74. The van der Waals surface area contributed by atoms with Crippen molar-refractivity contribution in [2.24, 2.45) is 0 Å². The van der Waals surface area contributed by atoms with E-state index in [9.17, 15) is 4.79 Å². The number of rotatable bonds is 2. The first-order valence-corrected chi connectivity index (χ1v) is 4.68. The minimum Gasteiger partial charge on any atom is -0.478 e. The van der Waals surface area contributed by atoms with Crippen molar-refractivity contribution < 1.29 is 9.90 Å².